The smallest absolute Gasteiger partial charge is 0.173 e. The van der Waals surface area contributed by atoms with Gasteiger partial charge in [0.1, 0.15) is 0 Å². The third-order valence-corrected chi connectivity index (χ3v) is 2.66. The maximum Gasteiger partial charge on any atom is 0.173 e. The van der Waals surface area contributed by atoms with E-state index >= 15 is 0 Å². The minimum Gasteiger partial charge on any atom is -0.499 e. The Morgan fingerprint density at radius 2 is 2.36 bits per heavy atom. The Morgan fingerprint density at radius 1 is 1.55 bits per heavy atom. The lowest BCUT2D eigenvalue weighted by Crippen LogP contribution is -1.73. The lowest BCUT2D eigenvalue weighted by atomic mass is 10.3. The van der Waals surface area contributed by atoms with E-state index in [1.54, 1.807) is 12.3 Å². The van der Waals surface area contributed by atoms with Crippen LogP contribution in [0.25, 0.3) is 10.2 Å². The Bertz CT molecular complexity index is 394. The van der Waals surface area contributed by atoms with Crippen LogP contribution in [-0.4, -0.2) is 10.1 Å². The summed E-state index contributed by atoms with van der Waals surface area (Å²) in [5.74, 6) is 0. The summed E-state index contributed by atoms with van der Waals surface area (Å²) in [7, 11) is 0. The Balaban J connectivity index is 2.90. The minimum absolute atomic E-state index is 0.335. The van der Waals surface area contributed by atoms with E-state index in [0.29, 0.717) is 5.06 Å². The molecule has 11 heavy (non-hydrogen) atoms. The van der Waals surface area contributed by atoms with Crippen molar-refractivity contribution in [1.29, 1.82) is 0 Å². The second kappa shape index (κ2) is 2.20. The molecule has 1 N–H and O–H groups in total. The molecule has 2 aromatic rings. The average molecular weight is 165 g/mol. The second-order valence-electron chi connectivity index (χ2n) is 2.43. The van der Waals surface area contributed by atoms with Crippen LogP contribution in [0.4, 0.5) is 0 Å². The number of aryl methyl sites for hydroxylation is 1. The predicted molar refractivity (Wildman–Crippen MR) is 46.0 cm³/mol. The standard InChI is InChI=1S/C8H7NOS/c1-5-2-3-9-6-4-7(10)11-8(5)6/h2-4,10H,1H3. The molecule has 0 aliphatic heterocycles. The average Bonchev–Trinajstić information content (AvgIpc) is 2.31. The van der Waals surface area contributed by atoms with Crippen molar-refractivity contribution in [1.82, 2.24) is 4.98 Å². The fraction of sp³-hybridized carbons (Fsp3) is 0.125. The van der Waals surface area contributed by atoms with Crippen LogP contribution in [0.15, 0.2) is 18.3 Å². The van der Waals surface area contributed by atoms with Crippen LogP contribution in [0.3, 0.4) is 0 Å². The molecule has 0 amide bonds. The van der Waals surface area contributed by atoms with E-state index in [1.165, 1.54) is 16.9 Å². The van der Waals surface area contributed by atoms with E-state index in [9.17, 15) is 0 Å². The first-order valence-corrected chi connectivity index (χ1v) is 4.13. The van der Waals surface area contributed by atoms with Gasteiger partial charge < -0.3 is 5.11 Å². The van der Waals surface area contributed by atoms with Crippen LogP contribution in [0.1, 0.15) is 5.56 Å². The highest BCUT2D eigenvalue weighted by atomic mass is 32.1. The van der Waals surface area contributed by atoms with Crippen LogP contribution in [0.5, 0.6) is 5.06 Å². The first-order valence-electron chi connectivity index (χ1n) is 3.31. The molecule has 0 fully saturated rings. The Morgan fingerprint density at radius 3 is 3.09 bits per heavy atom. The number of fused-ring (bicyclic) bond motifs is 1. The van der Waals surface area contributed by atoms with Crippen LogP contribution in [0.2, 0.25) is 0 Å². The molecular formula is C8H7NOS. The van der Waals surface area contributed by atoms with E-state index in [-0.39, 0.29) is 0 Å². The van der Waals surface area contributed by atoms with Crippen molar-refractivity contribution in [2.45, 2.75) is 6.92 Å². The summed E-state index contributed by atoms with van der Waals surface area (Å²) >= 11 is 1.37. The fourth-order valence-corrected chi connectivity index (χ4v) is 1.88. The molecule has 0 aromatic carbocycles. The number of hydrogen-bond acceptors (Lipinski definition) is 3. The molecule has 2 nitrogen and oxygen atoms in total. The lowest BCUT2D eigenvalue weighted by Gasteiger charge is -1.90. The first kappa shape index (κ1) is 6.61. The van der Waals surface area contributed by atoms with Gasteiger partial charge in [0.15, 0.2) is 5.06 Å². The highest BCUT2D eigenvalue weighted by Crippen LogP contribution is 2.30. The zero-order valence-corrected chi connectivity index (χ0v) is 6.85. The molecule has 0 saturated heterocycles. The number of nitrogens with zero attached hydrogens (tertiary/aromatic N) is 1. The van der Waals surface area contributed by atoms with Gasteiger partial charge in [-0.15, -0.1) is 0 Å². The van der Waals surface area contributed by atoms with Gasteiger partial charge in [-0.3, -0.25) is 4.98 Å². The molecule has 0 radical (unpaired) electrons. The van der Waals surface area contributed by atoms with Gasteiger partial charge in [0.05, 0.1) is 10.2 Å². The molecule has 56 valence electrons. The molecule has 0 spiro atoms. The van der Waals surface area contributed by atoms with Gasteiger partial charge in [-0.05, 0) is 18.6 Å². The Labute approximate surface area is 68.1 Å². The Kier molecular flexibility index (Phi) is 1.32. The SMILES string of the molecule is Cc1ccnc2cc(O)sc12. The van der Waals surface area contributed by atoms with Gasteiger partial charge >= 0.3 is 0 Å². The van der Waals surface area contributed by atoms with E-state index in [2.05, 4.69) is 4.98 Å². The normalized spacial score (nSPS) is 10.6. The summed E-state index contributed by atoms with van der Waals surface area (Å²) in [6.45, 7) is 2.01. The van der Waals surface area contributed by atoms with Crippen LogP contribution >= 0.6 is 11.3 Å². The van der Waals surface area contributed by atoms with E-state index in [0.717, 1.165) is 10.2 Å². The molecule has 0 bridgehead atoms. The van der Waals surface area contributed by atoms with Gasteiger partial charge in [0.2, 0.25) is 0 Å². The summed E-state index contributed by atoms with van der Waals surface area (Å²) in [4.78, 5) is 4.11. The predicted octanol–water partition coefficient (Wildman–Crippen LogP) is 2.31. The first-order chi connectivity index (χ1) is 5.27. The van der Waals surface area contributed by atoms with Gasteiger partial charge in [-0.2, -0.15) is 0 Å². The minimum atomic E-state index is 0.335. The highest BCUT2D eigenvalue weighted by Gasteiger charge is 2.02. The monoisotopic (exact) mass is 165 g/mol. The summed E-state index contributed by atoms with van der Waals surface area (Å²) in [5.41, 5.74) is 2.05. The maximum atomic E-state index is 9.16. The molecule has 0 aliphatic carbocycles. The Hall–Kier alpha value is -1.09. The van der Waals surface area contributed by atoms with Crippen molar-refractivity contribution in [2.75, 3.05) is 0 Å². The van der Waals surface area contributed by atoms with Crippen LogP contribution in [-0.2, 0) is 0 Å². The third kappa shape index (κ3) is 0.973. The van der Waals surface area contributed by atoms with Crippen molar-refractivity contribution in [3.63, 3.8) is 0 Å². The number of aromatic nitrogens is 1. The summed E-state index contributed by atoms with van der Waals surface area (Å²) in [6.07, 6.45) is 1.75. The van der Waals surface area contributed by atoms with Gasteiger partial charge in [0.25, 0.3) is 0 Å². The van der Waals surface area contributed by atoms with Crippen LogP contribution < -0.4 is 0 Å². The second-order valence-corrected chi connectivity index (χ2v) is 3.46. The van der Waals surface area contributed by atoms with Gasteiger partial charge in [0, 0.05) is 12.3 Å². The zero-order valence-electron chi connectivity index (χ0n) is 6.03. The summed E-state index contributed by atoms with van der Waals surface area (Å²) in [6, 6.07) is 3.63. The summed E-state index contributed by atoms with van der Waals surface area (Å²) in [5, 5.41) is 9.49. The molecular weight excluding hydrogens is 158 g/mol. The number of hydrogen-bond donors (Lipinski definition) is 1. The van der Waals surface area contributed by atoms with Crippen molar-refractivity contribution in [2.24, 2.45) is 0 Å². The van der Waals surface area contributed by atoms with E-state index < -0.39 is 0 Å². The fourth-order valence-electron chi connectivity index (χ4n) is 1.05. The number of rotatable bonds is 0. The molecule has 0 atom stereocenters. The molecule has 2 rings (SSSR count). The topological polar surface area (TPSA) is 33.1 Å². The van der Waals surface area contributed by atoms with Gasteiger partial charge in [-0.25, -0.2) is 0 Å². The maximum absolute atomic E-state index is 9.16. The number of pyridine rings is 1. The highest BCUT2D eigenvalue weighted by molar-refractivity contribution is 7.20. The number of aromatic hydroxyl groups is 1. The van der Waals surface area contributed by atoms with Crippen molar-refractivity contribution in [3.05, 3.63) is 23.9 Å². The van der Waals surface area contributed by atoms with Crippen molar-refractivity contribution >= 4 is 21.6 Å². The zero-order chi connectivity index (χ0) is 7.84. The largest absolute Gasteiger partial charge is 0.499 e. The van der Waals surface area contributed by atoms with Crippen LogP contribution in [0, 0.1) is 6.92 Å². The van der Waals surface area contributed by atoms with E-state index in [4.69, 9.17) is 5.11 Å². The molecule has 3 heteroatoms. The molecule has 2 aromatic heterocycles. The molecule has 0 aliphatic rings. The van der Waals surface area contributed by atoms with Gasteiger partial charge in [-0.1, -0.05) is 11.3 Å². The number of thiophene rings is 1. The third-order valence-electron chi connectivity index (χ3n) is 1.60. The van der Waals surface area contributed by atoms with Crippen molar-refractivity contribution in [3.8, 4) is 5.06 Å². The molecule has 2 heterocycles. The summed E-state index contributed by atoms with van der Waals surface area (Å²) < 4.78 is 1.07. The van der Waals surface area contributed by atoms with Crippen molar-refractivity contribution < 1.29 is 5.11 Å². The lowest BCUT2D eigenvalue weighted by molar-refractivity contribution is 0.491. The van der Waals surface area contributed by atoms with E-state index in [1.807, 2.05) is 13.0 Å². The molecule has 0 unspecified atom stereocenters. The molecule has 0 saturated carbocycles. The quantitative estimate of drug-likeness (QED) is 0.649.